The van der Waals surface area contributed by atoms with E-state index in [2.05, 4.69) is 0 Å². The minimum absolute atomic E-state index is 0.183. The molecule has 0 aromatic carbocycles. The van der Waals surface area contributed by atoms with Crippen LogP contribution in [0, 0.1) is 11.3 Å². The van der Waals surface area contributed by atoms with Crippen LogP contribution in [-0.4, -0.2) is 5.97 Å². The van der Waals surface area contributed by atoms with Gasteiger partial charge in [-0.1, -0.05) is 6.92 Å². The number of nitriles is 1. The molecule has 3 heteroatoms. The molecule has 60 valence electrons. The molecule has 0 heterocycles. The zero-order chi connectivity index (χ0) is 8.69. The van der Waals surface area contributed by atoms with Gasteiger partial charge in [-0.05, 0) is 13.0 Å². The van der Waals surface area contributed by atoms with E-state index in [1.807, 2.05) is 6.92 Å². The molecule has 0 saturated heterocycles. The van der Waals surface area contributed by atoms with Crippen LogP contribution in [0.3, 0.4) is 0 Å². The van der Waals surface area contributed by atoms with Crippen LogP contribution in [-0.2, 0) is 9.53 Å². The Labute approximate surface area is 66.3 Å². The second-order valence-corrected chi connectivity index (χ2v) is 1.92. The number of esters is 1. The molecule has 0 amide bonds. The topological polar surface area (TPSA) is 50.1 Å². The molecule has 0 spiro atoms. The Kier molecular flexibility index (Phi) is 4.83. The quantitative estimate of drug-likeness (QED) is 0.458. The van der Waals surface area contributed by atoms with Gasteiger partial charge in [0.1, 0.15) is 12.2 Å². The summed E-state index contributed by atoms with van der Waals surface area (Å²) in [6, 6.07) is 1.72. The minimum atomic E-state index is -0.484. The standard InChI is InChI=1S/C8H11NO2/c1-3-7(4-2)11-8(10)5-6-9/h3H,4-5H2,1-2H3. The van der Waals surface area contributed by atoms with Gasteiger partial charge in [-0.25, -0.2) is 0 Å². The second kappa shape index (κ2) is 5.48. The third kappa shape index (κ3) is 4.15. The van der Waals surface area contributed by atoms with Crippen LogP contribution in [0.2, 0.25) is 0 Å². The van der Waals surface area contributed by atoms with Crippen LogP contribution in [0.25, 0.3) is 0 Å². The second-order valence-electron chi connectivity index (χ2n) is 1.92. The average Bonchev–Trinajstić information content (AvgIpc) is 2.01. The van der Waals surface area contributed by atoms with E-state index in [9.17, 15) is 4.79 Å². The summed E-state index contributed by atoms with van der Waals surface area (Å²) in [4.78, 5) is 10.7. The molecule has 0 fully saturated rings. The number of rotatable bonds is 3. The Morgan fingerprint density at radius 3 is 2.73 bits per heavy atom. The van der Waals surface area contributed by atoms with Gasteiger partial charge in [-0.3, -0.25) is 4.79 Å². The Balaban J connectivity index is 3.85. The molecule has 0 aromatic rings. The van der Waals surface area contributed by atoms with Crippen molar-refractivity contribution in [1.82, 2.24) is 0 Å². The molecule has 0 saturated carbocycles. The van der Waals surface area contributed by atoms with Gasteiger partial charge in [0.15, 0.2) is 0 Å². The molecule has 0 unspecified atom stereocenters. The Hall–Kier alpha value is -1.30. The summed E-state index contributed by atoms with van der Waals surface area (Å²) < 4.78 is 4.79. The van der Waals surface area contributed by atoms with E-state index in [1.54, 1.807) is 19.1 Å². The van der Waals surface area contributed by atoms with Crippen LogP contribution in [0.15, 0.2) is 11.8 Å². The van der Waals surface area contributed by atoms with Crippen molar-refractivity contribution in [2.75, 3.05) is 0 Å². The van der Waals surface area contributed by atoms with E-state index in [0.29, 0.717) is 12.2 Å². The predicted octanol–water partition coefficient (Wildman–Crippen LogP) is 1.76. The number of carbonyl (C=O) groups excluding carboxylic acids is 1. The molecule has 3 nitrogen and oxygen atoms in total. The molecule has 0 atom stereocenters. The van der Waals surface area contributed by atoms with Crippen LogP contribution >= 0.6 is 0 Å². The summed E-state index contributed by atoms with van der Waals surface area (Å²) in [5, 5.41) is 8.12. The van der Waals surface area contributed by atoms with E-state index < -0.39 is 5.97 Å². The number of carbonyl (C=O) groups is 1. The fraction of sp³-hybridized carbons (Fsp3) is 0.500. The largest absolute Gasteiger partial charge is 0.431 e. The lowest BCUT2D eigenvalue weighted by Crippen LogP contribution is -2.02. The number of allylic oxidation sites excluding steroid dienone is 2. The summed E-state index contributed by atoms with van der Waals surface area (Å²) in [6.07, 6.45) is 2.21. The van der Waals surface area contributed by atoms with E-state index in [4.69, 9.17) is 10.00 Å². The van der Waals surface area contributed by atoms with Gasteiger partial charge in [0, 0.05) is 6.42 Å². The third-order valence-electron chi connectivity index (χ3n) is 1.14. The highest BCUT2D eigenvalue weighted by atomic mass is 16.5. The summed E-state index contributed by atoms with van der Waals surface area (Å²) in [5.41, 5.74) is 0. The van der Waals surface area contributed by atoms with Crippen molar-refractivity contribution in [3.05, 3.63) is 11.8 Å². The van der Waals surface area contributed by atoms with Gasteiger partial charge < -0.3 is 4.74 Å². The maximum Gasteiger partial charge on any atom is 0.325 e. The molecule has 0 bridgehead atoms. The maximum absolute atomic E-state index is 10.7. The van der Waals surface area contributed by atoms with Gasteiger partial charge in [0.25, 0.3) is 0 Å². The molecule has 0 aromatic heterocycles. The third-order valence-corrected chi connectivity index (χ3v) is 1.14. The first kappa shape index (κ1) is 9.70. The zero-order valence-electron chi connectivity index (χ0n) is 6.76. The van der Waals surface area contributed by atoms with Crippen molar-refractivity contribution >= 4 is 5.97 Å². The first-order valence-electron chi connectivity index (χ1n) is 3.47. The Morgan fingerprint density at radius 1 is 1.73 bits per heavy atom. The normalized spacial score (nSPS) is 10.5. The predicted molar refractivity (Wildman–Crippen MR) is 40.4 cm³/mol. The zero-order valence-corrected chi connectivity index (χ0v) is 6.76. The molecule has 11 heavy (non-hydrogen) atoms. The molecular formula is C8H11NO2. The maximum atomic E-state index is 10.7. The monoisotopic (exact) mass is 153 g/mol. The Morgan fingerprint density at radius 2 is 2.36 bits per heavy atom. The van der Waals surface area contributed by atoms with Crippen LogP contribution in [0.1, 0.15) is 26.7 Å². The van der Waals surface area contributed by atoms with E-state index in [0.717, 1.165) is 0 Å². The first-order chi connectivity index (χ1) is 5.24. The van der Waals surface area contributed by atoms with Gasteiger partial charge >= 0.3 is 5.97 Å². The van der Waals surface area contributed by atoms with Crippen LogP contribution in [0.4, 0.5) is 0 Å². The number of ether oxygens (including phenoxy) is 1. The number of hydrogen-bond donors (Lipinski definition) is 0. The molecular weight excluding hydrogens is 142 g/mol. The lowest BCUT2D eigenvalue weighted by atomic mass is 10.3. The van der Waals surface area contributed by atoms with Crippen LogP contribution < -0.4 is 0 Å². The van der Waals surface area contributed by atoms with E-state index in [1.165, 1.54) is 0 Å². The highest BCUT2D eigenvalue weighted by Gasteiger charge is 2.02. The van der Waals surface area contributed by atoms with Gasteiger partial charge in [0.2, 0.25) is 0 Å². The van der Waals surface area contributed by atoms with Crippen molar-refractivity contribution < 1.29 is 9.53 Å². The van der Waals surface area contributed by atoms with Crippen LogP contribution in [0.5, 0.6) is 0 Å². The fourth-order valence-electron chi connectivity index (χ4n) is 0.582. The van der Waals surface area contributed by atoms with Crippen molar-refractivity contribution in [2.24, 2.45) is 0 Å². The number of hydrogen-bond acceptors (Lipinski definition) is 3. The lowest BCUT2D eigenvalue weighted by Gasteiger charge is -2.02. The van der Waals surface area contributed by atoms with Gasteiger partial charge in [-0.2, -0.15) is 5.26 Å². The number of nitrogens with zero attached hydrogens (tertiary/aromatic N) is 1. The molecule has 0 aliphatic carbocycles. The molecule has 0 aliphatic heterocycles. The molecule has 0 aliphatic rings. The fourth-order valence-corrected chi connectivity index (χ4v) is 0.582. The molecule has 0 radical (unpaired) electrons. The highest BCUT2D eigenvalue weighted by molar-refractivity contribution is 5.72. The minimum Gasteiger partial charge on any atom is -0.431 e. The first-order valence-corrected chi connectivity index (χ1v) is 3.47. The van der Waals surface area contributed by atoms with E-state index >= 15 is 0 Å². The van der Waals surface area contributed by atoms with Gasteiger partial charge in [-0.15, -0.1) is 0 Å². The van der Waals surface area contributed by atoms with Crippen molar-refractivity contribution in [3.63, 3.8) is 0 Å². The molecule has 0 rings (SSSR count). The van der Waals surface area contributed by atoms with Crippen molar-refractivity contribution in [2.45, 2.75) is 26.7 Å². The van der Waals surface area contributed by atoms with E-state index in [-0.39, 0.29) is 6.42 Å². The smallest absolute Gasteiger partial charge is 0.325 e. The average molecular weight is 153 g/mol. The lowest BCUT2D eigenvalue weighted by molar-refractivity contribution is -0.138. The summed E-state index contributed by atoms with van der Waals surface area (Å²) in [6.45, 7) is 3.67. The Bertz CT molecular complexity index is 201. The summed E-state index contributed by atoms with van der Waals surface area (Å²) >= 11 is 0. The van der Waals surface area contributed by atoms with Crippen molar-refractivity contribution in [3.8, 4) is 6.07 Å². The molecule has 0 N–H and O–H groups in total. The summed E-state index contributed by atoms with van der Waals surface area (Å²) in [5.74, 6) is 0.132. The highest BCUT2D eigenvalue weighted by Crippen LogP contribution is 2.03. The van der Waals surface area contributed by atoms with Crippen molar-refractivity contribution in [1.29, 1.82) is 5.26 Å². The SMILES string of the molecule is CC=C(CC)OC(=O)CC#N. The summed E-state index contributed by atoms with van der Waals surface area (Å²) in [7, 11) is 0. The van der Waals surface area contributed by atoms with Gasteiger partial charge in [0.05, 0.1) is 6.07 Å².